The van der Waals surface area contributed by atoms with E-state index in [2.05, 4.69) is 0 Å². The molecule has 0 aliphatic carbocycles. The fourth-order valence-electron chi connectivity index (χ4n) is 2.69. The predicted octanol–water partition coefficient (Wildman–Crippen LogP) is 3.18. The Hall–Kier alpha value is -2.43. The maximum Gasteiger partial charge on any atom is 0.196 e. The van der Waals surface area contributed by atoms with Gasteiger partial charge in [-0.2, -0.15) is 0 Å². The van der Waals surface area contributed by atoms with Gasteiger partial charge in [-0.1, -0.05) is 42.5 Å². The quantitative estimate of drug-likeness (QED) is 0.779. The van der Waals surface area contributed by atoms with Crippen LogP contribution in [0.3, 0.4) is 0 Å². The third-order valence-electron chi connectivity index (χ3n) is 3.99. The van der Waals surface area contributed by atoms with Crippen LogP contribution in [0.25, 0.3) is 22.3 Å². The van der Waals surface area contributed by atoms with Crippen molar-refractivity contribution >= 4 is 11.0 Å². The van der Waals surface area contributed by atoms with Gasteiger partial charge in [0.2, 0.25) is 0 Å². The summed E-state index contributed by atoms with van der Waals surface area (Å²) in [6, 6.07) is 14.4. The Labute approximate surface area is 133 Å². The smallest absolute Gasteiger partial charge is 0.196 e. The van der Waals surface area contributed by atoms with Gasteiger partial charge >= 0.3 is 0 Å². The maximum absolute atomic E-state index is 12.7. The lowest BCUT2D eigenvalue weighted by Gasteiger charge is -2.16. The standard InChI is InChI=1S/C19H18O4/c1-11-16(21)14-9-6-10-15(17(22)12(2)20)19(14)23-18(11)13-7-4-3-5-8-13/h3-10,12,17,20,22H,1-2H3. The van der Waals surface area contributed by atoms with E-state index in [4.69, 9.17) is 4.42 Å². The highest BCUT2D eigenvalue weighted by Crippen LogP contribution is 2.30. The van der Waals surface area contributed by atoms with Crippen LogP contribution in [-0.4, -0.2) is 16.3 Å². The van der Waals surface area contributed by atoms with Gasteiger partial charge in [0, 0.05) is 16.7 Å². The van der Waals surface area contributed by atoms with E-state index in [1.54, 1.807) is 25.1 Å². The first-order chi connectivity index (χ1) is 11.0. The molecule has 23 heavy (non-hydrogen) atoms. The maximum atomic E-state index is 12.7. The molecule has 2 aromatic carbocycles. The summed E-state index contributed by atoms with van der Waals surface area (Å²) >= 11 is 0. The van der Waals surface area contributed by atoms with Gasteiger partial charge in [0.25, 0.3) is 0 Å². The normalized spacial score (nSPS) is 13.9. The summed E-state index contributed by atoms with van der Waals surface area (Å²) in [4.78, 5) is 12.7. The molecular weight excluding hydrogens is 292 g/mol. The zero-order valence-corrected chi connectivity index (χ0v) is 13.0. The topological polar surface area (TPSA) is 70.7 Å². The molecule has 4 heteroatoms. The molecule has 2 N–H and O–H groups in total. The Kier molecular flexibility index (Phi) is 4.03. The molecule has 4 nitrogen and oxygen atoms in total. The largest absolute Gasteiger partial charge is 0.455 e. The molecule has 3 rings (SSSR count). The summed E-state index contributed by atoms with van der Waals surface area (Å²) in [5, 5.41) is 20.3. The van der Waals surface area contributed by atoms with E-state index in [1.807, 2.05) is 30.3 Å². The van der Waals surface area contributed by atoms with E-state index >= 15 is 0 Å². The first kappa shape index (κ1) is 15.5. The van der Waals surface area contributed by atoms with Crippen molar-refractivity contribution in [1.82, 2.24) is 0 Å². The molecule has 0 aliphatic rings. The number of hydrogen-bond donors (Lipinski definition) is 2. The third-order valence-corrected chi connectivity index (χ3v) is 3.99. The molecule has 0 bridgehead atoms. The summed E-state index contributed by atoms with van der Waals surface area (Å²) in [5.41, 5.74) is 1.91. The highest BCUT2D eigenvalue weighted by molar-refractivity contribution is 5.83. The summed E-state index contributed by atoms with van der Waals surface area (Å²) in [6.07, 6.45) is -2.08. The number of benzene rings is 2. The van der Waals surface area contributed by atoms with Gasteiger partial charge in [-0.3, -0.25) is 4.79 Å². The van der Waals surface area contributed by atoms with Crippen LogP contribution in [0.2, 0.25) is 0 Å². The SMILES string of the molecule is Cc1c(-c2ccccc2)oc2c(C(O)C(C)O)cccc2c1=O. The Morgan fingerprint density at radius 3 is 2.35 bits per heavy atom. The number of fused-ring (bicyclic) bond motifs is 1. The molecule has 118 valence electrons. The molecule has 0 aliphatic heterocycles. The summed E-state index contributed by atoms with van der Waals surface area (Å²) in [6.45, 7) is 3.22. The second-order valence-electron chi connectivity index (χ2n) is 5.66. The van der Waals surface area contributed by atoms with Gasteiger partial charge in [-0.25, -0.2) is 0 Å². The van der Waals surface area contributed by atoms with Gasteiger partial charge < -0.3 is 14.6 Å². The van der Waals surface area contributed by atoms with Crippen molar-refractivity contribution in [3.63, 3.8) is 0 Å². The fraction of sp³-hybridized carbons (Fsp3) is 0.211. The lowest BCUT2D eigenvalue weighted by molar-refractivity contribution is 0.0309. The molecule has 0 amide bonds. The Balaban J connectivity index is 2.35. The third kappa shape index (κ3) is 2.67. The van der Waals surface area contributed by atoms with Crippen molar-refractivity contribution in [2.45, 2.75) is 26.1 Å². The molecule has 1 heterocycles. The van der Waals surface area contributed by atoms with Crippen molar-refractivity contribution in [3.05, 3.63) is 69.9 Å². The number of rotatable bonds is 3. The summed E-state index contributed by atoms with van der Waals surface area (Å²) in [7, 11) is 0. The van der Waals surface area contributed by atoms with Gasteiger partial charge in [0.1, 0.15) is 17.4 Å². The van der Waals surface area contributed by atoms with E-state index in [9.17, 15) is 15.0 Å². The van der Waals surface area contributed by atoms with Crippen LogP contribution in [0.5, 0.6) is 0 Å². The highest BCUT2D eigenvalue weighted by atomic mass is 16.3. The van der Waals surface area contributed by atoms with Crippen molar-refractivity contribution in [1.29, 1.82) is 0 Å². The zero-order chi connectivity index (χ0) is 16.6. The minimum atomic E-state index is -1.12. The van der Waals surface area contributed by atoms with Crippen LogP contribution >= 0.6 is 0 Å². The van der Waals surface area contributed by atoms with Gasteiger partial charge in [0.15, 0.2) is 5.43 Å². The van der Waals surface area contributed by atoms with Crippen molar-refractivity contribution < 1.29 is 14.6 Å². The molecule has 0 spiro atoms. The average molecular weight is 310 g/mol. The monoisotopic (exact) mass is 310 g/mol. The van der Waals surface area contributed by atoms with Crippen LogP contribution in [0, 0.1) is 6.92 Å². The number of para-hydroxylation sites is 1. The average Bonchev–Trinajstić information content (AvgIpc) is 2.57. The van der Waals surface area contributed by atoms with Gasteiger partial charge in [0.05, 0.1) is 11.5 Å². The minimum absolute atomic E-state index is 0.134. The fourth-order valence-corrected chi connectivity index (χ4v) is 2.69. The highest BCUT2D eigenvalue weighted by Gasteiger charge is 2.21. The second-order valence-corrected chi connectivity index (χ2v) is 5.66. The van der Waals surface area contributed by atoms with Crippen molar-refractivity contribution in [3.8, 4) is 11.3 Å². The molecule has 0 radical (unpaired) electrons. The summed E-state index contributed by atoms with van der Waals surface area (Å²) in [5.74, 6) is 0.480. The Morgan fingerprint density at radius 2 is 1.70 bits per heavy atom. The minimum Gasteiger partial charge on any atom is -0.455 e. The summed E-state index contributed by atoms with van der Waals surface area (Å²) < 4.78 is 5.99. The van der Waals surface area contributed by atoms with Crippen LogP contribution in [0.4, 0.5) is 0 Å². The predicted molar refractivity (Wildman–Crippen MR) is 89.3 cm³/mol. The van der Waals surface area contributed by atoms with E-state index < -0.39 is 12.2 Å². The molecular formula is C19H18O4. The molecule has 3 aromatic rings. The Bertz CT molecular complexity index is 894. The Morgan fingerprint density at radius 1 is 1.00 bits per heavy atom. The van der Waals surface area contributed by atoms with Crippen LogP contribution < -0.4 is 5.43 Å². The molecule has 1 aromatic heterocycles. The van der Waals surface area contributed by atoms with Crippen LogP contribution in [0.15, 0.2) is 57.7 Å². The van der Waals surface area contributed by atoms with Crippen molar-refractivity contribution in [2.24, 2.45) is 0 Å². The lowest BCUT2D eigenvalue weighted by Crippen LogP contribution is -2.15. The molecule has 0 saturated carbocycles. The van der Waals surface area contributed by atoms with E-state index in [0.29, 0.717) is 27.9 Å². The van der Waals surface area contributed by atoms with E-state index in [1.165, 1.54) is 6.92 Å². The molecule has 0 saturated heterocycles. The van der Waals surface area contributed by atoms with Gasteiger partial charge in [-0.05, 0) is 19.9 Å². The number of hydrogen-bond acceptors (Lipinski definition) is 4. The molecule has 0 fully saturated rings. The van der Waals surface area contributed by atoms with Crippen LogP contribution in [-0.2, 0) is 0 Å². The van der Waals surface area contributed by atoms with Crippen LogP contribution in [0.1, 0.15) is 24.2 Å². The van der Waals surface area contributed by atoms with Crippen molar-refractivity contribution in [2.75, 3.05) is 0 Å². The molecule has 2 atom stereocenters. The first-order valence-corrected chi connectivity index (χ1v) is 7.48. The number of aliphatic hydroxyl groups is 2. The second kappa shape index (κ2) is 5.99. The first-order valence-electron chi connectivity index (χ1n) is 7.48. The van der Waals surface area contributed by atoms with E-state index in [0.717, 1.165) is 5.56 Å². The molecule has 2 unspecified atom stereocenters. The number of aliphatic hydroxyl groups excluding tert-OH is 2. The van der Waals surface area contributed by atoms with E-state index in [-0.39, 0.29) is 5.43 Å². The lowest BCUT2D eigenvalue weighted by atomic mass is 10.00. The zero-order valence-electron chi connectivity index (χ0n) is 13.0. The van der Waals surface area contributed by atoms with Gasteiger partial charge in [-0.15, -0.1) is 0 Å².